The molecule has 2 aromatic rings. The first kappa shape index (κ1) is 17.1. The number of thiazole rings is 1. The van der Waals surface area contributed by atoms with Crippen LogP contribution in [0.2, 0.25) is 0 Å². The maximum absolute atomic E-state index is 13.0. The average molecular weight is 346 g/mol. The second kappa shape index (κ2) is 7.42. The van der Waals surface area contributed by atoms with Crippen LogP contribution in [0.15, 0.2) is 35.7 Å². The number of benzene rings is 1. The van der Waals surface area contributed by atoms with Gasteiger partial charge in [-0.05, 0) is 5.56 Å². The van der Waals surface area contributed by atoms with Crippen molar-refractivity contribution in [2.45, 2.75) is 31.9 Å². The Morgan fingerprint density at radius 3 is 2.79 bits per heavy atom. The highest BCUT2D eigenvalue weighted by Crippen LogP contribution is 2.31. The van der Waals surface area contributed by atoms with Crippen molar-refractivity contribution in [2.75, 3.05) is 19.8 Å². The van der Waals surface area contributed by atoms with Crippen molar-refractivity contribution in [3.05, 3.63) is 52.0 Å². The van der Waals surface area contributed by atoms with Gasteiger partial charge in [-0.3, -0.25) is 4.79 Å². The lowest BCUT2D eigenvalue weighted by Gasteiger charge is -2.40. The van der Waals surface area contributed by atoms with Crippen LogP contribution in [0.1, 0.15) is 46.9 Å². The quantitative estimate of drug-likeness (QED) is 0.925. The fourth-order valence-electron chi connectivity index (χ4n) is 2.96. The van der Waals surface area contributed by atoms with Crippen LogP contribution in [-0.2, 0) is 4.74 Å². The minimum absolute atomic E-state index is 0.103. The van der Waals surface area contributed by atoms with Crippen LogP contribution < -0.4 is 0 Å². The Morgan fingerprint density at radius 2 is 2.17 bits per heavy atom. The van der Waals surface area contributed by atoms with Gasteiger partial charge in [0.2, 0.25) is 0 Å². The lowest BCUT2D eigenvalue weighted by molar-refractivity contribution is -0.0812. The van der Waals surface area contributed by atoms with E-state index in [4.69, 9.17) is 4.74 Å². The number of rotatable bonds is 4. The van der Waals surface area contributed by atoms with Gasteiger partial charge in [0.1, 0.15) is 11.8 Å². The molecule has 128 valence electrons. The van der Waals surface area contributed by atoms with Crippen molar-refractivity contribution < 1.29 is 14.6 Å². The number of nitrogens with zero attached hydrogens (tertiary/aromatic N) is 2. The highest BCUT2D eigenvalue weighted by atomic mass is 32.1. The number of ether oxygens (including phenoxy) is 1. The summed E-state index contributed by atoms with van der Waals surface area (Å²) in [5.41, 5.74) is 1.44. The maximum atomic E-state index is 13.0. The van der Waals surface area contributed by atoms with Gasteiger partial charge in [-0.25, -0.2) is 4.98 Å². The van der Waals surface area contributed by atoms with Crippen LogP contribution in [0.25, 0.3) is 0 Å². The third kappa shape index (κ3) is 3.36. The van der Waals surface area contributed by atoms with Crippen molar-refractivity contribution in [3.8, 4) is 0 Å². The molecule has 0 saturated carbocycles. The molecule has 0 bridgehead atoms. The van der Waals surface area contributed by atoms with Gasteiger partial charge in [-0.2, -0.15) is 0 Å². The average Bonchev–Trinajstić information content (AvgIpc) is 3.11. The van der Waals surface area contributed by atoms with Gasteiger partial charge in [0.25, 0.3) is 5.91 Å². The first-order valence-corrected chi connectivity index (χ1v) is 9.03. The highest BCUT2D eigenvalue weighted by molar-refractivity contribution is 7.09. The molecule has 1 saturated heterocycles. The Balaban J connectivity index is 1.91. The molecule has 1 aliphatic rings. The highest BCUT2D eigenvalue weighted by Gasteiger charge is 2.37. The number of aliphatic hydroxyl groups excluding tert-OH is 1. The Hall–Kier alpha value is -1.76. The number of hydrogen-bond acceptors (Lipinski definition) is 5. The number of morpholine rings is 1. The zero-order valence-corrected chi connectivity index (χ0v) is 14.7. The Labute approximate surface area is 145 Å². The predicted molar refractivity (Wildman–Crippen MR) is 93.2 cm³/mol. The molecule has 0 unspecified atom stereocenters. The third-order valence-corrected chi connectivity index (χ3v) is 5.31. The molecule has 0 aliphatic carbocycles. The molecule has 3 rings (SSSR count). The van der Waals surface area contributed by atoms with E-state index in [1.807, 2.05) is 35.7 Å². The molecule has 5 nitrogen and oxygen atoms in total. The first-order valence-electron chi connectivity index (χ1n) is 8.15. The van der Waals surface area contributed by atoms with E-state index < -0.39 is 6.10 Å². The number of carbonyl (C=O) groups is 1. The van der Waals surface area contributed by atoms with Crippen LogP contribution >= 0.6 is 11.3 Å². The molecule has 1 aromatic carbocycles. The topological polar surface area (TPSA) is 62.7 Å². The van der Waals surface area contributed by atoms with Crippen molar-refractivity contribution in [2.24, 2.45) is 0 Å². The van der Waals surface area contributed by atoms with E-state index in [2.05, 4.69) is 18.8 Å². The number of amides is 1. The standard InChI is InChI=1S/C18H22N2O3S/c1-12(2)17-19-14(11-24-17)18(22)20-8-9-23-15(10-21)16(20)13-6-4-3-5-7-13/h3-7,11-12,15-16,21H,8-10H2,1-2H3/t15-,16-/m1/s1. The second-order valence-electron chi connectivity index (χ2n) is 6.17. The largest absolute Gasteiger partial charge is 0.394 e. The fraction of sp³-hybridized carbons (Fsp3) is 0.444. The summed E-state index contributed by atoms with van der Waals surface area (Å²) in [5, 5.41) is 12.5. The lowest BCUT2D eigenvalue weighted by atomic mass is 9.98. The summed E-state index contributed by atoms with van der Waals surface area (Å²) in [6.45, 7) is 4.91. The molecular weight excluding hydrogens is 324 g/mol. The summed E-state index contributed by atoms with van der Waals surface area (Å²) in [7, 11) is 0. The summed E-state index contributed by atoms with van der Waals surface area (Å²) >= 11 is 1.51. The molecule has 2 atom stereocenters. The normalized spacial score (nSPS) is 21.2. The molecular formula is C18H22N2O3S. The smallest absolute Gasteiger partial charge is 0.274 e. The molecule has 0 spiro atoms. The van der Waals surface area contributed by atoms with Crippen molar-refractivity contribution >= 4 is 17.2 Å². The van der Waals surface area contributed by atoms with Gasteiger partial charge in [0.15, 0.2) is 0 Å². The van der Waals surface area contributed by atoms with Gasteiger partial charge < -0.3 is 14.7 Å². The van der Waals surface area contributed by atoms with Gasteiger partial charge in [-0.15, -0.1) is 11.3 Å². The molecule has 1 aliphatic heterocycles. The monoisotopic (exact) mass is 346 g/mol. The van der Waals surface area contributed by atoms with Crippen molar-refractivity contribution in [1.29, 1.82) is 0 Å². The van der Waals surface area contributed by atoms with Crippen LogP contribution in [0.3, 0.4) is 0 Å². The Kier molecular flexibility index (Phi) is 5.28. The van der Waals surface area contributed by atoms with Crippen molar-refractivity contribution in [3.63, 3.8) is 0 Å². The number of aliphatic hydroxyl groups is 1. The van der Waals surface area contributed by atoms with Crippen LogP contribution in [0.5, 0.6) is 0 Å². The molecule has 1 N–H and O–H groups in total. The van der Waals surface area contributed by atoms with Crippen LogP contribution in [0.4, 0.5) is 0 Å². The third-order valence-electron chi connectivity index (χ3n) is 4.17. The molecule has 0 radical (unpaired) electrons. The molecule has 24 heavy (non-hydrogen) atoms. The Morgan fingerprint density at radius 1 is 1.42 bits per heavy atom. The summed E-state index contributed by atoms with van der Waals surface area (Å²) < 4.78 is 5.69. The number of hydrogen-bond donors (Lipinski definition) is 1. The molecule has 2 heterocycles. The van der Waals surface area contributed by atoms with E-state index in [0.717, 1.165) is 10.6 Å². The van der Waals surface area contributed by atoms with E-state index in [1.54, 1.807) is 4.90 Å². The zero-order valence-electron chi connectivity index (χ0n) is 13.9. The molecule has 6 heteroatoms. The Bertz CT molecular complexity index is 687. The lowest BCUT2D eigenvalue weighted by Crippen LogP contribution is -2.49. The van der Waals surface area contributed by atoms with E-state index in [0.29, 0.717) is 24.8 Å². The molecule has 1 amide bonds. The van der Waals surface area contributed by atoms with Gasteiger partial charge in [0, 0.05) is 17.8 Å². The zero-order chi connectivity index (χ0) is 17.1. The van der Waals surface area contributed by atoms with E-state index in [-0.39, 0.29) is 18.6 Å². The predicted octanol–water partition coefficient (Wildman–Crippen LogP) is 2.84. The van der Waals surface area contributed by atoms with Gasteiger partial charge >= 0.3 is 0 Å². The molecule has 1 aromatic heterocycles. The molecule has 1 fully saturated rings. The van der Waals surface area contributed by atoms with E-state index in [9.17, 15) is 9.90 Å². The van der Waals surface area contributed by atoms with Crippen LogP contribution in [0, 0.1) is 0 Å². The van der Waals surface area contributed by atoms with E-state index in [1.165, 1.54) is 11.3 Å². The van der Waals surface area contributed by atoms with E-state index >= 15 is 0 Å². The fourth-order valence-corrected chi connectivity index (χ4v) is 3.77. The summed E-state index contributed by atoms with van der Waals surface area (Å²) in [6, 6.07) is 9.41. The minimum Gasteiger partial charge on any atom is -0.394 e. The van der Waals surface area contributed by atoms with Crippen LogP contribution in [-0.4, -0.2) is 46.8 Å². The minimum atomic E-state index is -0.423. The summed E-state index contributed by atoms with van der Waals surface area (Å²) in [4.78, 5) is 19.3. The number of carbonyl (C=O) groups excluding carboxylic acids is 1. The summed E-state index contributed by atoms with van der Waals surface area (Å²) in [6.07, 6.45) is -0.423. The maximum Gasteiger partial charge on any atom is 0.274 e. The van der Waals surface area contributed by atoms with Gasteiger partial charge in [0.05, 0.1) is 24.3 Å². The first-order chi connectivity index (χ1) is 11.6. The second-order valence-corrected chi connectivity index (χ2v) is 7.06. The van der Waals surface area contributed by atoms with Crippen molar-refractivity contribution in [1.82, 2.24) is 9.88 Å². The van der Waals surface area contributed by atoms with Gasteiger partial charge in [-0.1, -0.05) is 44.2 Å². The number of aromatic nitrogens is 1. The summed E-state index contributed by atoms with van der Waals surface area (Å²) in [5.74, 6) is 0.199. The SMILES string of the molecule is CC(C)c1nc(C(=O)N2CCO[C@H](CO)[C@H]2c2ccccc2)cs1.